The molecule has 0 N–H and O–H groups in total. The average molecular weight is 609 g/mol. The van der Waals surface area contributed by atoms with E-state index in [1.54, 1.807) is 0 Å². The molecule has 0 saturated carbocycles. The van der Waals surface area contributed by atoms with Crippen molar-refractivity contribution in [2.75, 3.05) is 26.4 Å². The van der Waals surface area contributed by atoms with Crippen LogP contribution in [0.3, 0.4) is 0 Å². The fourth-order valence-corrected chi connectivity index (χ4v) is 4.99. The van der Waals surface area contributed by atoms with Gasteiger partial charge in [-0.15, -0.1) is 0 Å². The molecule has 0 aliphatic rings. The molecule has 4 heteroatoms. The maximum Gasteiger partial charge on any atom is 0.119 e. The van der Waals surface area contributed by atoms with Crippen molar-refractivity contribution in [1.82, 2.24) is 0 Å². The minimum Gasteiger partial charge on any atom is -0.493 e. The Balaban J connectivity index is 1.61. The smallest absolute Gasteiger partial charge is 0.119 e. The zero-order valence-corrected chi connectivity index (χ0v) is 28.5. The van der Waals surface area contributed by atoms with Crippen molar-refractivity contribution in [2.45, 2.75) is 79.1 Å². The van der Waals surface area contributed by atoms with Crippen molar-refractivity contribution in [2.24, 2.45) is 5.41 Å². The summed E-state index contributed by atoms with van der Waals surface area (Å²) in [6.07, 6.45) is 0. The zero-order valence-electron chi connectivity index (χ0n) is 28.5. The van der Waals surface area contributed by atoms with E-state index in [4.69, 9.17) is 18.9 Å². The molecule has 0 radical (unpaired) electrons. The van der Waals surface area contributed by atoms with Gasteiger partial charge in [0.05, 0.1) is 0 Å². The van der Waals surface area contributed by atoms with Gasteiger partial charge in [-0.05, 0) is 94.5 Å². The molecule has 4 rings (SSSR count). The minimum atomic E-state index is -0.624. The Hall–Kier alpha value is -3.92. The lowest BCUT2D eigenvalue weighted by atomic mass is 9.91. The van der Waals surface area contributed by atoms with Gasteiger partial charge in [-0.2, -0.15) is 0 Å². The number of hydrogen-bond donors (Lipinski definition) is 0. The standard InChI is InChI=1S/C41H52O4/c1-29(2)33-9-17-37(18-10-33)42-25-41(26-43-38-19-11-34(12-20-38)30(3)4,27-44-39-21-13-35(14-22-39)31(5)6)28-45-40-23-15-36(16-24-40)32(7)8/h9-24,29-32H,25-28H2,1-8H3. The van der Waals surface area contributed by atoms with Crippen LogP contribution in [0.4, 0.5) is 0 Å². The Kier molecular flexibility index (Phi) is 12.0. The van der Waals surface area contributed by atoms with Gasteiger partial charge in [0.15, 0.2) is 0 Å². The Morgan fingerprint density at radius 2 is 0.511 bits per heavy atom. The lowest BCUT2D eigenvalue weighted by Gasteiger charge is -2.33. The van der Waals surface area contributed by atoms with Crippen LogP contribution in [0.5, 0.6) is 23.0 Å². The second kappa shape index (κ2) is 15.9. The van der Waals surface area contributed by atoms with Gasteiger partial charge in [-0.1, -0.05) is 104 Å². The van der Waals surface area contributed by atoms with Crippen molar-refractivity contribution in [3.8, 4) is 23.0 Å². The SMILES string of the molecule is CC(C)c1ccc(OCC(COc2ccc(C(C)C)cc2)(COc2ccc(C(C)C)cc2)COc2ccc(C(C)C)cc2)cc1. The first kappa shape index (κ1) is 34.0. The number of hydrogen-bond acceptors (Lipinski definition) is 4. The molecule has 0 amide bonds. The first-order chi connectivity index (χ1) is 21.5. The molecule has 0 saturated heterocycles. The average Bonchev–Trinajstić information content (AvgIpc) is 3.04. The van der Waals surface area contributed by atoms with Gasteiger partial charge in [-0.25, -0.2) is 0 Å². The third-order valence-electron chi connectivity index (χ3n) is 8.37. The summed E-state index contributed by atoms with van der Waals surface area (Å²) in [7, 11) is 0. The maximum absolute atomic E-state index is 6.48. The van der Waals surface area contributed by atoms with E-state index in [1.807, 2.05) is 48.5 Å². The molecule has 0 fully saturated rings. The molecular formula is C41H52O4. The van der Waals surface area contributed by atoms with Crippen LogP contribution >= 0.6 is 0 Å². The molecule has 4 aromatic rings. The molecule has 0 heterocycles. The van der Waals surface area contributed by atoms with E-state index in [0.717, 1.165) is 23.0 Å². The van der Waals surface area contributed by atoms with E-state index in [0.29, 0.717) is 50.1 Å². The van der Waals surface area contributed by atoms with Crippen LogP contribution in [0.2, 0.25) is 0 Å². The van der Waals surface area contributed by atoms with Crippen LogP contribution in [-0.2, 0) is 0 Å². The third kappa shape index (κ3) is 10.0. The summed E-state index contributed by atoms with van der Waals surface area (Å²) in [6, 6.07) is 33.4. The second-order valence-corrected chi connectivity index (χ2v) is 13.5. The van der Waals surface area contributed by atoms with E-state index in [2.05, 4.69) is 104 Å². The summed E-state index contributed by atoms with van der Waals surface area (Å²) in [5.74, 6) is 5.08. The Morgan fingerprint density at radius 3 is 0.667 bits per heavy atom. The van der Waals surface area contributed by atoms with Gasteiger partial charge in [0.2, 0.25) is 0 Å². The topological polar surface area (TPSA) is 36.9 Å². The number of rotatable bonds is 16. The molecule has 0 aromatic heterocycles. The van der Waals surface area contributed by atoms with Crippen molar-refractivity contribution >= 4 is 0 Å². The van der Waals surface area contributed by atoms with Crippen LogP contribution in [0.1, 0.15) is 101 Å². The van der Waals surface area contributed by atoms with Crippen LogP contribution in [0.25, 0.3) is 0 Å². The molecular weight excluding hydrogens is 556 g/mol. The molecule has 45 heavy (non-hydrogen) atoms. The number of benzene rings is 4. The van der Waals surface area contributed by atoms with E-state index < -0.39 is 5.41 Å². The summed E-state index contributed by atoms with van der Waals surface area (Å²) in [5.41, 5.74) is 4.50. The first-order valence-corrected chi connectivity index (χ1v) is 16.4. The van der Waals surface area contributed by atoms with Gasteiger partial charge in [0, 0.05) is 0 Å². The highest BCUT2D eigenvalue weighted by Gasteiger charge is 2.36. The highest BCUT2D eigenvalue weighted by atomic mass is 16.5. The molecule has 0 aliphatic heterocycles. The van der Waals surface area contributed by atoms with E-state index in [1.165, 1.54) is 22.3 Å². The third-order valence-corrected chi connectivity index (χ3v) is 8.37. The van der Waals surface area contributed by atoms with Gasteiger partial charge in [0.1, 0.15) is 54.8 Å². The van der Waals surface area contributed by atoms with Crippen molar-refractivity contribution in [3.05, 3.63) is 119 Å². The summed E-state index contributed by atoms with van der Waals surface area (Å²) < 4.78 is 25.9. The van der Waals surface area contributed by atoms with Gasteiger partial charge in [0.25, 0.3) is 0 Å². The zero-order chi connectivity index (χ0) is 32.4. The van der Waals surface area contributed by atoms with Crippen LogP contribution in [0, 0.1) is 5.41 Å². The monoisotopic (exact) mass is 608 g/mol. The molecule has 0 atom stereocenters. The van der Waals surface area contributed by atoms with Gasteiger partial charge < -0.3 is 18.9 Å². The fourth-order valence-electron chi connectivity index (χ4n) is 4.99. The first-order valence-electron chi connectivity index (χ1n) is 16.4. The van der Waals surface area contributed by atoms with E-state index >= 15 is 0 Å². The lowest BCUT2D eigenvalue weighted by Crippen LogP contribution is -2.45. The molecule has 240 valence electrons. The molecule has 0 spiro atoms. The summed E-state index contributed by atoms with van der Waals surface area (Å²) in [4.78, 5) is 0. The Bertz CT molecular complexity index is 1190. The fraction of sp³-hybridized carbons (Fsp3) is 0.415. The number of ether oxygens (including phenoxy) is 4. The Labute approximate surface area is 271 Å². The second-order valence-electron chi connectivity index (χ2n) is 13.5. The molecule has 4 nitrogen and oxygen atoms in total. The van der Waals surface area contributed by atoms with Gasteiger partial charge >= 0.3 is 0 Å². The molecule has 0 bridgehead atoms. The quantitative estimate of drug-likeness (QED) is 0.127. The maximum atomic E-state index is 6.48. The Morgan fingerprint density at radius 1 is 0.333 bits per heavy atom. The lowest BCUT2D eigenvalue weighted by molar-refractivity contribution is -0.00353. The predicted molar refractivity (Wildman–Crippen MR) is 187 cm³/mol. The predicted octanol–water partition coefficient (Wildman–Crippen LogP) is 10.8. The van der Waals surface area contributed by atoms with Crippen LogP contribution in [0.15, 0.2) is 97.1 Å². The van der Waals surface area contributed by atoms with Crippen molar-refractivity contribution in [1.29, 1.82) is 0 Å². The normalized spacial score (nSPS) is 11.8. The summed E-state index contributed by atoms with van der Waals surface area (Å²) in [5, 5.41) is 0. The highest BCUT2D eigenvalue weighted by Crippen LogP contribution is 2.29. The minimum absolute atomic E-state index is 0.353. The van der Waals surface area contributed by atoms with E-state index in [9.17, 15) is 0 Å². The van der Waals surface area contributed by atoms with Crippen LogP contribution in [-0.4, -0.2) is 26.4 Å². The van der Waals surface area contributed by atoms with Gasteiger partial charge in [-0.3, -0.25) is 0 Å². The van der Waals surface area contributed by atoms with Crippen molar-refractivity contribution < 1.29 is 18.9 Å². The summed E-state index contributed by atoms with van der Waals surface area (Å²) >= 11 is 0. The largest absolute Gasteiger partial charge is 0.493 e. The molecule has 0 aliphatic carbocycles. The van der Waals surface area contributed by atoms with E-state index in [-0.39, 0.29) is 0 Å². The summed E-state index contributed by atoms with van der Waals surface area (Å²) in [6.45, 7) is 19.0. The van der Waals surface area contributed by atoms with Crippen molar-refractivity contribution in [3.63, 3.8) is 0 Å². The van der Waals surface area contributed by atoms with Crippen LogP contribution < -0.4 is 18.9 Å². The molecule has 4 aromatic carbocycles. The molecule has 0 unspecified atom stereocenters. The highest BCUT2D eigenvalue weighted by molar-refractivity contribution is 5.32.